The Kier molecular flexibility index (Phi) is 60.5. The second kappa shape index (κ2) is 61.9. The van der Waals surface area contributed by atoms with Crippen LogP contribution in [0.15, 0.2) is 24.3 Å². The number of esters is 1. The molecule has 0 rings (SSSR count). The zero-order chi connectivity index (χ0) is 52.2. The molecule has 0 aliphatic carbocycles. The minimum atomic E-state index is -0.663. The Labute approximate surface area is 450 Å². The zero-order valence-corrected chi connectivity index (χ0v) is 48.7. The van der Waals surface area contributed by atoms with Gasteiger partial charge in [0.05, 0.1) is 25.4 Å². The van der Waals surface area contributed by atoms with Crippen molar-refractivity contribution in [2.24, 2.45) is 0 Å². The van der Waals surface area contributed by atoms with Gasteiger partial charge in [-0.1, -0.05) is 295 Å². The van der Waals surface area contributed by atoms with Gasteiger partial charge in [0, 0.05) is 12.8 Å². The Morgan fingerprint density at radius 3 is 0.986 bits per heavy atom. The van der Waals surface area contributed by atoms with Crippen molar-refractivity contribution in [3.05, 3.63) is 24.3 Å². The average Bonchev–Trinajstić information content (AvgIpc) is 3.38. The number of carbonyl (C=O) groups is 2. The number of unbranched alkanes of at least 4 members (excludes halogenated alkanes) is 46. The molecule has 0 aromatic carbocycles. The molecular formula is C66H127NO5. The molecule has 426 valence electrons. The van der Waals surface area contributed by atoms with Crippen LogP contribution in [0.1, 0.15) is 361 Å². The third-order valence-corrected chi connectivity index (χ3v) is 15.2. The molecular weight excluding hydrogens is 887 g/mol. The molecule has 0 radical (unpaired) electrons. The molecule has 0 heterocycles. The zero-order valence-electron chi connectivity index (χ0n) is 48.7. The molecule has 72 heavy (non-hydrogen) atoms. The second-order valence-electron chi connectivity index (χ2n) is 22.4. The summed E-state index contributed by atoms with van der Waals surface area (Å²) >= 11 is 0. The van der Waals surface area contributed by atoms with Crippen LogP contribution in [0.3, 0.4) is 0 Å². The van der Waals surface area contributed by atoms with Crippen LogP contribution in [-0.2, 0) is 14.3 Å². The lowest BCUT2D eigenvalue weighted by atomic mass is 10.0. The third kappa shape index (κ3) is 57.6. The van der Waals surface area contributed by atoms with Gasteiger partial charge in [0.15, 0.2) is 0 Å². The second-order valence-corrected chi connectivity index (χ2v) is 22.4. The predicted molar refractivity (Wildman–Crippen MR) is 315 cm³/mol. The molecule has 0 aromatic heterocycles. The van der Waals surface area contributed by atoms with Gasteiger partial charge in [-0.15, -0.1) is 0 Å². The summed E-state index contributed by atoms with van der Waals surface area (Å²) in [5, 5.41) is 23.3. The molecule has 0 aromatic rings. The van der Waals surface area contributed by atoms with Crippen LogP contribution in [0, 0.1) is 0 Å². The molecule has 0 aliphatic rings. The van der Waals surface area contributed by atoms with Crippen LogP contribution in [0.4, 0.5) is 0 Å². The van der Waals surface area contributed by atoms with Crippen molar-refractivity contribution in [2.45, 2.75) is 373 Å². The maximum absolute atomic E-state index is 12.5. The summed E-state index contributed by atoms with van der Waals surface area (Å²) in [4.78, 5) is 24.5. The van der Waals surface area contributed by atoms with Crippen LogP contribution in [0.5, 0.6) is 0 Å². The number of allylic oxidation sites excluding steroid dienone is 4. The largest absolute Gasteiger partial charge is 0.466 e. The molecule has 0 fully saturated rings. The number of hydrogen-bond acceptors (Lipinski definition) is 5. The number of rotatable bonds is 61. The van der Waals surface area contributed by atoms with E-state index < -0.39 is 12.1 Å². The lowest BCUT2D eigenvalue weighted by Crippen LogP contribution is -2.45. The normalized spacial score (nSPS) is 12.7. The van der Waals surface area contributed by atoms with Gasteiger partial charge in [0.1, 0.15) is 0 Å². The first-order valence-corrected chi connectivity index (χ1v) is 32.6. The Morgan fingerprint density at radius 1 is 0.375 bits per heavy atom. The van der Waals surface area contributed by atoms with Crippen LogP contribution < -0.4 is 5.32 Å². The van der Waals surface area contributed by atoms with E-state index in [0.29, 0.717) is 25.9 Å². The van der Waals surface area contributed by atoms with Crippen molar-refractivity contribution in [3.8, 4) is 0 Å². The van der Waals surface area contributed by atoms with E-state index in [0.717, 1.165) is 44.9 Å². The Balaban J connectivity index is 3.36. The maximum atomic E-state index is 12.5. The summed E-state index contributed by atoms with van der Waals surface area (Å²) in [5.74, 6) is -0.0259. The van der Waals surface area contributed by atoms with Crippen LogP contribution in [0.2, 0.25) is 0 Å². The highest BCUT2D eigenvalue weighted by molar-refractivity contribution is 5.76. The van der Waals surface area contributed by atoms with Crippen molar-refractivity contribution in [1.29, 1.82) is 0 Å². The molecule has 2 unspecified atom stereocenters. The monoisotopic (exact) mass is 1010 g/mol. The van der Waals surface area contributed by atoms with E-state index in [4.69, 9.17) is 4.74 Å². The van der Waals surface area contributed by atoms with E-state index >= 15 is 0 Å². The van der Waals surface area contributed by atoms with Crippen LogP contribution in [0.25, 0.3) is 0 Å². The smallest absolute Gasteiger partial charge is 0.305 e. The van der Waals surface area contributed by atoms with Crippen LogP contribution in [-0.4, -0.2) is 47.4 Å². The lowest BCUT2D eigenvalue weighted by Gasteiger charge is -2.22. The van der Waals surface area contributed by atoms with Crippen molar-refractivity contribution < 1.29 is 24.5 Å². The first-order chi connectivity index (χ1) is 35.5. The first-order valence-electron chi connectivity index (χ1n) is 32.6. The van der Waals surface area contributed by atoms with Gasteiger partial charge in [0.25, 0.3) is 0 Å². The Hall–Kier alpha value is -1.66. The quantitative estimate of drug-likeness (QED) is 0.0320. The lowest BCUT2D eigenvalue weighted by molar-refractivity contribution is -0.143. The Bertz CT molecular complexity index is 1120. The van der Waals surface area contributed by atoms with Crippen molar-refractivity contribution in [1.82, 2.24) is 5.32 Å². The van der Waals surface area contributed by atoms with Gasteiger partial charge in [-0.25, -0.2) is 0 Å². The summed E-state index contributed by atoms with van der Waals surface area (Å²) in [7, 11) is 0. The number of aliphatic hydroxyl groups is 2. The van der Waals surface area contributed by atoms with E-state index in [1.165, 1.54) is 283 Å². The standard InChI is InChI=1S/C66H127NO5/c1-3-5-7-9-11-13-15-17-36-40-44-48-52-56-60-66(71)72-61-57-53-49-45-41-37-33-31-29-27-25-23-21-19-18-20-22-24-26-28-30-32-35-39-43-47-51-55-59-65(70)67-63(62-68)64(69)58-54-50-46-42-38-34-16-14-12-10-8-6-4-2/h15,17-19,63-64,68-69H,3-14,16,20-62H2,1-2H3,(H,67,70)/b17-15-,19-18-. The third-order valence-electron chi connectivity index (χ3n) is 15.2. The predicted octanol–water partition coefficient (Wildman–Crippen LogP) is 20.6. The maximum Gasteiger partial charge on any atom is 0.305 e. The fourth-order valence-electron chi connectivity index (χ4n) is 10.2. The average molecular weight is 1010 g/mol. The minimum absolute atomic E-state index is 0.00762. The highest BCUT2D eigenvalue weighted by atomic mass is 16.5. The molecule has 1 amide bonds. The molecule has 0 saturated heterocycles. The summed E-state index contributed by atoms with van der Waals surface area (Å²) in [5.41, 5.74) is 0. The molecule has 0 spiro atoms. The number of amides is 1. The number of nitrogens with one attached hydrogen (secondary N) is 1. The topological polar surface area (TPSA) is 95.9 Å². The van der Waals surface area contributed by atoms with E-state index in [-0.39, 0.29) is 18.5 Å². The summed E-state index contributed by atoms with van der Waals surface area (Å²) in [6.07, 6.45) is 76.3. The number of hydrogen-bond donors (Lipinski definition) is 3. The van der Waals surface area contributed by atoms with Gasteiger partial charge >= 0.3 is 5.97 Å². The van der Waals surface area contributed by atoms with E-state index in [2.05, 4.69) is 43.5 Å². The van der Waals surface area contributed by atoms with Gasteiger partial charge in [-0.2, -0.15) is 0 Å². The van der Waals surface area contributed by atoms with E-state index in [1.54, 1.807) is 0 Å². The molecule has 0 saturated carbocycles. The van der Waals surface area contributed by atoms with Gasteiger partial charge in [0.2, 0.25) is 5.91 Å². The van der Waals surface area contributed by atoms with Crippen molar-refractivity contribution in [2.75, 3.05) is 13.2 Å². The molecule has 6 heteroatoms. The fraction of sp³-hybridized carbons (Fsp3) is 0.909. The Morgan fingerprint density at radius 2 is 0.653 bits per heavy atom. The fourth-order valence-corrected chi connectivity index (χ4v) is 10.2. The number of aliphatic hydroxyl groups excluding tert-OH is 2. The minimum Gasteiger partial charge on any atom is -0.466 e. The van der Waals surface area contributed by atoms with Crippen molar-refractivity contribution >= 4 is 11.9 Å². The van der Waals surface area contributed by atoms with Crippen molar-refractivity contribution in [3.63, 3.8) is 0 Å². The van der Waals surface area contributed by atoms with Crippen LogP contribution >= 0.6 is 0 Å². The van der Waals surface area contributed by atoms with E-state index in [9.17, 15) is 19.8 Å². The molecule has 0 bridgehead atoms. The van der Waals surface area contributed by atoms with Gasteiger partial charge in [-0.3, -0.25) is 9.59 Å². The summed E-state index contributed by atoms with van der Waals surface area (Å²) in [6, 6.07) is -0.540. The van der Waals surface area contributed by atoms with Gasteiger partial charge < -0.3 is 20.3 Å². The highest BCUT2D eigenvalue weighted by Crippen LogP contribution is 2.18. The molecule has 3 N–H and O–H groups in total. The summed E-state index contributed by atoms with van der Waals surface area (Å²) < 4.78 is 5.48. The molecule has 0 aliphatic heterocycles. The first kappa shape index (κ1) is 70.3. The van der Waals surface area contributed by atoms with E-state index in [1.807, 2.05) is 0 Å². The molecule has 2 atom stereocenters. The van der Waals surface area contributed by atoms with Gasteiger partial charge in [-0.05, 0) is 77.0 Å². The number of ether oxygens (including phenoxy) is 1. The summed E-state index contributed by atoms with van der Waals surface area (Å²) in [6.45, 7) is 4.96. The molecule has 6 nitrogen and oxygen atoms in total. The number of carbonyl (C=O) groups excluding carboxylic acids is 2. The highest BCUT2D eigenvalue weighted by Gasteiger charge is 2.20. The SMILES string of the molecule is CCCCCCC/C=C\CCCCCCCC(=O)OCCCCCCCCCCCCCC/C=C\CCCCCCCCCCCCCCC(=O)NC(CO)C(O)CCCCCCCCCCCCCCC.